The molecule has 0 radical (unpaired) electrons. The fourth-order valence-electron chi connectivity index (χ4n) is 3.20. The second kappa shape index (κ2) is 6.51. The largest absolute Gasteiger partial charge is 0.312 e. The number of nitrogens with zero attached hydrogens (tertiary/aromatic N) is 2. The molecule has 3 nitrogen and oxygen atoms in total. The number of rotatable bonds is 6. The van der Waals surface area contributed by atoms with Crippen LogP contribution in [0.3, 0.4) is 0 Å². The van der Waals surface area contributed by atoms with Crippen LogP contribution in [0.5, 0.6) is 0 Å². The highest BCUT2D eigenvalue weighted by Gasteiger charge is 2.22. The van der Waals surface area contributed by atoms with Gasteiger partial charge in [0.15, 0.2) is 0 Å². The zero-order chi connectivity index (χ0) is 15.5. The summed E-state index contributed by atoms with van der Waals surface area (Å²) in [5.41, 5.74) is 1.76. The van der Waals surface area contributed by atoms with Gasteiger partial charge in [0.2, 0.25) is 0 Å². The first-order valence-corrected chi connectivity index (χ1v) is 8.54. The van der Waals surface area contributed by atoms with E-state index in [4.69, 9.17) is 5.10 Å². The summed E-state index contributed by atoms with van der Waals surface area (Å²) in [7, 11) is 0. The van der Waals surface area contributed by atoms with Gasteiger partial charge >= 0.3 is 0 Å². The molecular weight excluding hydrogens is 258 g/mol. The van der Waals surface area contributed by atoms with Gasteiger partial charge in [-0.2, -0.15) is 5.10 Å². The standard InChI is InChI=1S/C18H33N3/c1-17(2,3)19-12-11-18(4,5)14-15-10-13-21(20-15)16-8-6-7-9-16/h10,13,16,19H,6-9,11-12,14H2,1-5H3. The van der Waals surface area contributed by atoms with Crippen molar-refractivity contribution in [2.75, 3.05) is 6.54 Å². The zero-order valence-corrected chi connectivity index (χ0v) is 14.6. The molecule has 1 aliphatic rings. The minimum absolute atomic E-state index is 0.208. The Bertz CT molecular complexity index is 434. The van der Waals surface area contributed by atoms with Gasteiger partial charge in [-0.05, 0) is 64.5 Å². The van der Waals surface area contributed by atoms with E-state index in [1.54, 1.807) is 0 Å². The number of nitrogens with one attached hydrogen (secondary N) is 1. The van der Waals surface area contributed by atoms with Crippen molar-refractivity contribution in [2.24, 2.45) is 5.41 Å². The van der Waals surface area contributed by atoms with Crippen LogP contribution in [0.1, 0.15) is 78.5 Å². The van der Waals surface area contributed by atoms with Gasteiger partial charge in [-0.15, -0.1) is 0 Å². The van der Waals surface area contributed by atoms with Crippen molar-refractivity contribution in [2.45, 2.75) is 84.7 Å². The average Bonchev–Trinajstić information content (AvgIpc) is 2.95. The third-order valence-electron chi connectivity index (χ3n) is 4.48. The molecule has 1 N–H and O–H groups in total. The number of hydrogen-bond acceptors (Lipinski definition) is 2. The Balaban J connectivity index is 1.84. The fourth-order valence-corrected chi connectivity index (χ4v) is 3.20. The fraction of sp³-hybridized carbons (Fsp3) is 0.833. The molecule has 0 aromatic carbocycles. The van der Waals surface area contributed by atoms with E-state index in [1.165, 1.54) is 37.8 Å². The topological polar surface area (TPSA) is 29.9 Å². The van der Waals surface area contributed by atoms with Crippen LogP contribution in [-0.4, -0.2) is 21.9 Å². The van der Waals surface area contributed by atoms with E-state index in [9.17, 15) is 0 Å². The summed E-state index contributed by atoms with van der Waals surface area (Å²) in [6, 6.07) is 2.88. The molecule has 0 amide bonds. The van der Waals surface area contributed by atoms with Gasteiger partial charge in [0, 0.05) is 11.7 Å². The maximum absolute atomic E-state index is 4.83. The van der Waals surface area contributed by atoms with Crippen molar-refractivity contribution in [1.82, 2.24) is 15.1 Å². The van der Waals surface area contributed by atoms with E-state index in [0.717, 1.165) is 13.0 Å². The monoisotopic (exact) mass is 291 g/mol. The van der Waals surface area contributed by atoms with Crippen LogP contribution < -0.4 is 5.32 Å². The Hall–Kier alpha value is -0.830. The maximum Gasteiger partial charge on any atom is 0.0630 e. The third kappa shape index (κ3) is 5.46. The lowest BCUT2D eigenvalue weighted by molar-refractivity contribution is 0.298. The Morgan fingerprint density at radius 2 is 1.86 bits per heavy atom. The summed E-state index contributed by atoms with van der Waals surface area (Å²) in [5, 5.41) is 8.42. The van der Waals surface area contributed by atoms with Crippen LogP contribution in [0.15, 0.2) is 12.3 Å². The first-order chi connectivity index (χ1) is 9.75. The molecule has 1 fully saturated rings. The van der Waals surface area contributed by atoms with Crippen molar-refractivity contribution in [1.29, 1.82) is 0 Å². The zero-order valence-electron chi connectivity index (χ0n) is 14.6. The molecule has 1 saturated carbocycles. The van der Waals surface area contributed by atoms with Crippen molar-refractivity contribution in [3.8, 4) is 0 Å². The molecule has 3 heteroatoms. The highest BCUT2D eigenvalue weighted by Crippen LogP contribution is 2.30. The van der Waals surface area contributed by atoms with Crippen molar-refractivity contribution in [3.05, 3.63) is 18.0 Å². The molecule has 1 aromatic heterocycles. The van der Waals surface area contributed by atoms with Gasteiger partial charge in [-0.1, -0.05) is 26.7 Å². The van der Waals surface area contributed by atoms with Crippen molar-refractivity contribution < 1.29 is 0 Å². The van der Waals surface area contributed by atoms with Crippen LogP contribution in [0.4, 0.5) is 0 Å². The Labute approximate surface area is 130 Å². The van der Waals surface area contributed by atoms with Gasteiger partial charge < -0.3 is 5.32 Å². The Morgan fingerprint density at radius 1 is 1.19 bits per heavy atom. The number of aromatic nitrogens is 2. The lowest BCUT2D eigenvalue weighted by Crippen LogP contribution is -2.38. The molecule has 0 spiro atoms. The quantitative estimate of drug-likeness (QED) is 0.844. The van der Waals surface area contributed by atoms with Crippen LogP contribution in [0, 0.1) is 5.41 Å². The molecule has 0 atom stereocenters. The normalized spacial score (nSPS) is 17.6. The second-order valence-corrected chi connectivity index (χ2v) is 8.49. The average molecular weight is 291 g/mol. The van der Waals surface area contributed by atoms with Crippen molar-refractivity contribution >= 4 is 0 Å². The van der Waals surface area contributed by atoms with E-state index in [0.29, 0.717) is 11.5 Å². The SMILES string of the molecule is CC(C)(CCNC(C)(C)C)Cc1ccn(C2CCCC2)n1. The van der Waals surface area contributed by atoms with Gasteiger partial charge in [0.1, 0.15) is 0 Å². The molecule has 0 unspecified atom stereocenters. The van der Waals surface area contributed by atoms with E-state index in [-0.39, 0.29) is 5.54 Å². The summed E-state index contributed by atoms with van der Waals surface area (Å²) >= 11 is 0. The van der Waals surface area contributed by atoms with E-state index in [1.807, 2.05) is 0 Å². The highest BCUT2D eigenvalue weighted by molar-refractivity contribution is 5.03. The summed E-state index contributed by atoms with van der Waals surface area (Å²) in [5.74, 6) is 0. The summed E-state index contributed by atoms with van der Waals surface area (Å²) in [4.78, 5) is 0. The summed E-state index contributed by atoms with van der Waals surface area (Å²) in [6.07, 6.45) is 9.78. The lowest BCUT2D eigenvalue weighted by Gasteiger charge is -2.27. The minimum Gasteiger partial charge on any atom is -0.312 e. The smallest absolute Gasteiger partial charge is 0.0630 e. The molecule has 1 aliphatic carbocycles. The summed E-state index contributed by atoms with van der Waals surface area (Å²) in [6.45, 7) is 12.5. The van der Waals surface area contributed by atoms with Crippen LogP contribution >= 0.6 is 0 Å². The molecule has 21 heavy (non-hydrogen) atoms. The highest BCUT2D eigenvalue weighted by atomic mass is 15.3. The van der Waals surface area contributed by atoms with Gasteiger partial charge in [-0.3, -0.25) is 4.68 Å². The van der Waals surface area contributed by atoms with Crippen molar-refractivity contribution in [3.63, 3.8) is 0 Å². The van der Waals surface area contributed by atoms with E-state index in [2.05, 4.69) is 56.9 Å². The molecule has 1 aromatic rings. The molecule has 120 valence electrons. The van der Waals surface area contributed by atoms with E-state index >= 15 is 0 Å². The molecule has 0 bridgehead atoms. The molecule has 0 saturated heterocycles. The number of hydrogen-bond donors (Lipinski definition) is 1. The molecule has 2 rings (SSSR count). The van der Waals surface area contributed by atoms with Crippen LogP contribution in [-0.2, 0) is 6.42 Å². The Kier molecular flexibility index (Phi) is 5.13. The predicted molar refractivity (Wildman–Crippen MR) is 89.6 cm³/mol. The first kappa shape index (κ1) is 16.5. The molecule has 1 heterocycles. The van der Waals surface area contributed by atoms with Gasteiger partial charge in [0.05, 0.1) is 11.7 Å². The van der Waals surface area contributed by atoms with Gasteiger partial charge in [-0.25, -0.2) is 0 Å². The summed E-state index contributed by atoms with van der Waals surface area (Å²) < 4.78 is 2.21. The lowest BCUT2D eigenvalue weighted by atomic mass is 9.84. The third-order valence-corrected chi connectivity index (χ3v) is 4.48. The van der Waals surface area contributed by atoms with Crippen LogP contribution in [0.2, 0.25) is 0 Å². The second-order valence-electron chi connectivity index (χ2n) is 8.49. The molecular formula is C18H33N3. The van der Waals surface area contributed by atoms with Crippen LogP contribution in [0.25, 0.3) is 0 Å². The van der Waals surface area contributed by atoms with E-state index < -0.39 is 0 Å². The minimum atomic E-state index is 0.208. The Morgan fingerprint density at radius 3 is 2.48 bits per heavy atom. The maximum atomic E-state index is 4.83. The molecule has 0 aliphatic heterocycles. The first-order valence-electron chi connectivity index (χ1n) is 8.54. The predicted octanol–water partition coefficient (Wildman–Crippen LogP) is 4.35. The van der Waals surface area contributed by atoms with Gasteiger partial charge in [0.25, 0.3) is 0 Å².